The van der Waals surface area contributed by atoms with Gasteiger partial charge in [-0.05, 0) is 36.3 Å². The van der Waals surface area contributed by atoms with Gasteiger partial charge >= 0.3 is 12.1 Å². The standard InChI is InChI=1S/C17H20F3NO4/c1-4-5-10-25-15(22)9-6-12-11-13(17(18,19)20)7-8-14(12)16(23)21(2)24-3/h6-9,11H,4-5,10H2,1-3H3/b9-6+. The van der Waals surface area contributed by atoms with E-state index >= 15 is 0 Å². The van der Waals surface area contributed by atoms with E-state index in [4.69, 9.17) is 9.57 Å². The van der Waals surface area contributed by atoms with E-state index < -0.39 is 23.6 Å². The first-order valence-corrected chi connectivity index (χ1v) is 7.59. The second-order valence-corrected chi connectivity index (χ2v) is 5.14. The molecular weight excluding hydrogens is 339 g/mol. The smallest absolute Gasteiger partial charge is 0.416 e. The van der Waals surface area contributed by atoms with Crippen molar-refractivity contribution in [2.75, 3.05) is 20.8 Å². The maximum Gasteiger partial charge on any atom is 0.416 e. The van der Waals surface area contributed by atoms with E-state index in [1.165, 1.54) is 14.2 Å². The number of nitrogens with zero attached hydrogens (tertiary/aromatic N) is 1. The maximum atomic E-state index is 12.9. The number of esters is 1. The van der Waals surface area contributed by atoms with Crippen molar-refractivity contribution in [3.8, 4) is 0 Å². The Balaban J connectivity index is 3.14. The molecule has 8 heteroatoms. The predicted molar refractivity (Wildman–Crippen MR) is 85.4 cm³/mol. The Morgan fingerprint density at radius 1 is 1.28 bits per heavy atom. The number of ether oxygens (including phenoxy) is 1. The zero-order chi connectivity index (χ0) is 19.0. The molecule has 0 bridgehead atoms. The summed E-state index contributed by atoms with van der Waals surface area (Å²) in [4.78, 5) is 28.5. The molecule has 0 radical (unpaired) electrons. The molecule has 5 nitrogen and oxygen atoms in total. The Kier molecular flexibility index (Phi) is 7.63. The molecule has 0 aliphatic carbocycles. The largest absolute Gasteiger partial charge is 0.463 e. The van der Waals surface area contributed by atoms with Gasteiger partial charge in [0.2, 0.25) is 0 Å². The van der Waals surface area contributed by atoms with Crippen LogP contribution in [0.1, 0.15) is 41.3 Å². The van der Waals surface area contributed by atoms with Gasteiger partial charge in [-0.15, -0.1) is 0 Å². The molecule has 1 aromatic rings. The highest BCUT2D eigenvalue weighted by atomic mass is 19.4. The minimum atomic E-state index is -4.57. The fourth-order valence-corrected chi connectivity index (χ4v) is 1.85. The summed E-state index contributed by atoms with van der Waals surface area (Å²) < 4.78 is 43.6. The summed E-state index contributed by atoms with van der Waals surface area (Å²) in [5.74, 6) is -1.33. The highest BCUT2D eigenvalue weighted by Crippen LogP contribution is 2.31. The first-order valence-electron chi connectivity index (χ1n) is 7.59. The molecule has 1 rings (SSSR count). The number of hydrogen-bond donors (Lipinski definition) is 0. The number of unbranched alkanes of at least 4 members (excludes halogenated alkanes) is 1. The molecule has 0 unspecified atom stereocenters. The molecule has 1 aromatic carbocycles. The third-order valence-electron chi connectivity index (χ3n) is 3.31. The van der Waals surface area contributed by atoms with Crippen LogP contribution in [0.2, 0.25) is 0 Å². The van der Waals surface area contributed by atoms with Crippen molar-refractivity contribution in [3.05, 3.63) is 41.0 Å². The summed E-state index contributed by atoms with van der Waals surface area (Å²) in [7, 11) is 2.58. The van der Waals surface area contributed by atoms with Crippen molar-refractivity contribution in [1.29, 1.82) is 0 Å². The number of benzene rings is 1. The van der Waals surface area contributed by atoms with Gasteiger partial charge in [-0.1, -0.05) is 13.3 Å². The number of hydrogen-bond acceptors (Lipinski definition) is 4. The molecule has 0 aliphatic heterocycles. The van der Waals surface area contributed by atoms with Crippen LogP contribution in [0.25, 0.3) is 6.08 Å². The molecule has 0 spiro atoms. The lowest BCUT2D eigenvalue weighted by molar-refractivity contribution is -0.138. The summed E-state index contributed by atoms with van der Waals surface area (Å²) >= 11 is 0. The lowest BCUT2D eigenvalue weighted by Crippen LogP contribution is -2.26. The van der Waals surface area contributed by atoms with Crippen molar-refractivity contribution in [2.24, 2.45) is 0 Å². The SMILES string of the molecule is CCCCOC(=O)/C=C/c1cc(C(F)(F)F)ccc1C(=O)N(C)OC. The highest BCUT2D eigenvalue weighted by Gasteiger charge is 2.31. The first-order chi connectivity index (χ1) is 11.7. The van der Waals surface area contributed by atoms with Gasteiger partial charge in [0.05, 0.1) is 19.3 Å². The summed E-state index contributed by atoms with van der Waals surface area (Å²) in [6.07, 6.45) is -0.925. The van der Waals surface area contributed by atoms with E-state index in [1.807, 2.05) is 6.92 Å². The molecule has 0 saturated carbocycles. The van der Waals surface area contributed by atoms with Crippen molar-refractivity contribution in [3.63, 3.8) is 0 Å². The van der Waals surface area contributed by atoms with Crippen LogP contribution in [0.15, 0.2) is 24.3 Å². The van der Waals surface area contributed by atoms with Crippen molar-refractivity contribution >= 4 is 18.0 Å². The lowest BCUT2D eigenvalue weighted by atomic mass is 10.0. The molecule has 0 N–H and O–H groups in total. The van der Waals surface area contributed by atoms with E-state index in [9.17, 15) is 22.8 Å². The van der Waals surface area contributed by atoms with E-state index in [0.29, 0.717) is 6.42 Å². The number of alkyl halides is 3. The Hall–Kier alpha value is -2.35. The molecular formula is C17H20F3NO4. The Bertz CT molecular complexity index is 641. The third kappa shape index (κ3) is 6.22. The molecule has 0 saturated heterocycles. The molecule has 0 aliphatic rings. The summed E-state index contributed by atoms with van der Waals surface area (Å²) in [6.45, 7) is 2.15. The average molecular weight is 359 g/mol. The number of rotatable bonds is 7. The summed E-state index contributed by atoms with van der Waals surface area (Å²) in [5.41, 5.74) is -1.02. The van der Waals surface area contributed by atoms with E-state index in [-0.39, 0.29) is 17.7 Å². The number of carbonyl (C=O) groups excluding carboxylic acids is 2. The second kappa shape index (κ2) is 9.22. The Labute approximate surface area is 144 Å². The van der Waals surface area contributed by atoms with Crippen LogP contribution in [0.3, 0.4) is 0 Å². The molecule has 0 atom stereocenters. The van der Waals surface area contributed by atoms with Crippen LogP contribution in [0, 0.1) is 0 Å². The van der Waals surface area contributed by atoms with E-state index in [0.717, 1.165) is 41.8 Å². The van der Waals surface area contributed by atoms with Crippen LogP contribution in [-0.2, 0) is 20.5 Å². The molecule has 0 heterocycles. The van der Waals surface area contributed by atoms with Gasteiger partial charge in [0, 0.05) is 18.7 Å². The minimum Gasteiger partial charge on any atom is -0.463 e. The summed E-state index contributed by atoms with van der Waals surface area (Å²) in [6, 6.07) is 2.64. The second-order valence-electron chi connectivity index (χ2n) is 5.14. The van der Waals surface area contributed by atoms with Gasteiger partial charge < -0.3 is 4.74 Å². The van der Waals surface area contributed by atoms with Crippen LogP contribution >= 0.6 is 0 Å². The fourth-order valence-electron chi connectivity index (χ4n) is 1.85. The molecule has 0 aromatic heterocycles. The van der Waals surface area contributed by atoms with Crippen molar-refractivity contribution < 1.29 is 32.3 Å². The van der Waals surface area contributed by atoms with Crippen LogP contribution in [0.4, 0.5) is 13.2 Å². The van der Waals surface area contributed by atoms with Crippen molar-refractivity contribution in [2.45, 2.75) is 25.9 Å². The monoisotopic (exact) mass is 359 g/mol. The molecule has 0 fully saturated rings. The first kappa shape index (κ1) is 20.7. The zero-order valence-corrected chi connectivity index (χ0v) is 14.2. The molecule has 1 amide bonds. The van der Waals surface area contributed by atoms with Crippen LogP contribution in [-0.4, -0.2) is 37.7 Å². The lowest BCUT2D eigenvalue weighted by Gasteiger charge is -2.16. The van der Waals surface area contributed by atoms with Gasteiger partial charge in [0.15, 0.2) is 0 Å². The zero-order valence-electron chi connectivity index (χ0n) is 14.2. The van der Waals surface area contributed by atoms with Gasteiger partial charge in [-0.3, -0.25) is 9.63 Å². The van der Waals surface area contributed by atoms with Crippen LogP contribution < -0.4 is 0 Å². The fraction of sp³-hybridized carbons (Fsp3) is 0.412. The Morgan fingerprint density at radius 2 is 1.96 bits per heavy atom. The van der Waals surface area contributed by atoms with E-state index in [2.05, 4.69) is 0 Å². The highest BCUT2D eigenvalue weighted by molar-refractivity contribution is 5.98. The minimum absolute atomic E-state index is 0.0324. The Morgan fingerprint density at radius 3 is 2.52 bits per heavy atom. The maximum absolute atomic E-state index is 12.9. The van der Waals surface area contributed by atoms with Gasteiger partial charge in [0.1, 0.15) is 0 Å². The number of amides is 1. The number of halogens is 3. The number of carbonyl (C=O) groups is 2. The third-order valence-corrected chi connectivity index (χ3v) is 3.31. The van der Waals surface area contributed by atoms with Crippen LogP contribution in [0.5, 0.6) is 0 Å². The average Bonchev–Trinajstić information content (AvgIpc) is 2.57. The number of hydroxylamine groups is 2. The normalized spacial score (nSPS) is 11.6. The quantitative estimate of drug-likeness (QED) is 0.322. The van der Waals surface area contributed by atoms with Crippen molar-refractivity contribution in [1.82, 2.24) is 5.06 Å². The van der Waals surface area contributed by atoms with Gasteiger partial charge in [-0.25, -0.2) is 9.86 Å². The molecule has 138 valence electrons. The summed E-state index contributed by atoms with van der Waals surface area (Å²) in [5, 5.41) is 0.875. The van der Waals surface area contributed by atoms with Gasteiger partial charge in [-0.2, -0.15) is 13.2 Å². The van der Waals surface area contributed by atoms with E-state index in [1.54, 1.807) is 0 Å². The topological polar surface area (TPSA) is 55.8 Å². The van der Waals surface area contributed by atoms with Gasteiger partial charge in [0.25, 0.3) is 5.91 Å². The predicted octanol–water partition coefficient (Wildman–Crippen LogP) is 3.70. The molecule has 25 heavy (non-hydrogen) atoms.